The van der Waals surface area contributed by atoms with Gasteiger partial charge in [-0.2, -0.15) is 0 Å². The van der Waals surface area contributed by atoms with Crippen molar-refractivity contribution in [2.75, 3.05) is 12.3 Å². The van der Waals surface area contributed by atoms with Gasteiger partial charge in [-0.25, -0.2) is 9.89 Å². The van der Waals surface area contributed by atoms with Crippen LogP contribution in [0.1, 0.15) is 48.5 Å². The van der Waals surface area contributed by atoms with Crippen LogP contribution in [0.4, 0.5) is 5.69 Å². The number of benzene rings is 2. The van der Waals surface area contributed by atoms with E-state index >= 15 is 0 Å². The summed E-state index contributed by atoms with van der Waals surface area (Å²) in [5.74, 6) is 0.383. The van der Waals surface area contributed by atoms with Crippen LogP contribution in [-0.2, 0) is 9.59 Å². The van der Waals surface area contributed by atoms with Gasteiger partial charge in [0.2, 0.25) is 5.91 Å². The second kappa shape index (κ2) is 10.6. The number of amidine groups is 2. The molecule has 0 bridgehead atoms. The second-order valence-electron chi connectivity index (χ2n) is 7.87. The third kappa shape index (κ3) is 5.22. The number of thioether (sulfide) groups is 1. The van der Waals surface area contributed by atoms with Gasteiger partial charge in [0.1, 0.15) is 11.9 Å². The number of hydrogen-bond donors (Lipinski definition) is 1. The molecule has 4 rings (SSSR count). The number of para-hydroxylation sites is 1. The number of aliphatic imine (C=N–C) groups is 2. The van der Waals surface area contributed by atoms with Crippen LogP contribution in [0.25, 0.3) is 0 Å². The van der Waals surface area contributed by atoms with E-state index in [1.807, 2.05) is 42.5 Å². The van der Waals surface area contributed by atoms with Crippen LogP contribution in [0, 0.1) is 0 Å². The molecule has 2 aromatic rings. The largest absolute Gasteiger partial charge is 0.356 e. The molecule has 0 unspecified atom stereocenters. The van der Waals surface area contributed by atoms with Crippen LogP contribution in [0.3, 0.4) is 0 Å². The van der Waals surface area contributed by atoms with Crippen LogP contribution in [0.15, 0.2) is 64.6 Å². The van der Waals surface area contributed by atoms with Crippen molar-refractivity contribution in [3.8, 4) is 0 Å². The molecule has 0 radical (unpaired) electrons. The van der Waals surface area contributed by atoms with E-state index in [0.717, 1.165) is 18.4 Å². The van der Waals surface area contributed by atoms with Crippen molar-refractivity contribution in [1.82, 2.24) is 10.2 Å². The zero-order chi connectivity index (χ0) is 23.2. The van der Waals surface area contributed by atoms with Crippen LogP contribution in [0.2, 0.25) is 0 Å². The van der Waals surface area contributed by atoms with Crippen molar-refractivity contribution in [2.24, 2.45) is 9.98 Å². The zero-order valence-electron chi connectivity index (χ0n) is 18.5. The Morgan fingerprint density at radius 3 is 2.64 bits per heavy atom. The third-order valence-electron chi connectivity index (χ3n) is 5.47. The number of carbonyl (C=O) groups is 3. The summed E-state index contributed by atoms with van der Waals surface area (Å²) < 4.78 is 0. The van der Waals surface area contributed by atoms with Gasteiger partial charge in [-0.05, 0) is 25.0 Å². The summed E-state index contributed by atoms with van der Waals surface area (Å²) in [6.07, 6.45) is 2.51. The Hall–Kier alpha value is -3.26. The van der Waals surface area contributed by atoms with Crippen molar-refractivity contribution in [1.29, 1.82) is 0 Å². The van der Waals surface area contributed by atoms with E-state index in [1.54, 1.807) is 12.1 Å². The molecule has 2 aromatic carbocycles. The quantitative estimate of drug-likeness (QED) is 0.451. The minimum Gasteiger partial charge on any atom is -0.356 e. The molecule has 0 aromatic heterocycles. The van der Waals surface area contributed by atoms with Crippen molar-refractivity contribution in [3.63, 3.8) is 0 Å². The normalized spacial score (nSPS) is 16.6. The average Bonchev–Trinajstić information content (AvgIpc) is 3.18. The molecule has 0 fully saturated rings. The lowest BCUT2D eigenvalue weighted by Crippen LogP contribution is -2.41. The Balaban J connectivity index is 1.49. The lowest BCUT2D eigenvalue weighted by Gasteiger charge is -2.25. The smallest absolute Gasteiger partial charge is 0.259 e. The van der Waals surface area contributed by atoms with Crippen LogP contribution in [-0.4, -0.2) is 51.8 Å². The zero-order valence-corrected chi connectivity index (χ0v) is 19.3. The number of amides is 2. The van der Waals surface area contributed by atoms with Gasteiger partial charge in [-0.15, -0.1) is 0 Å². The van der Waals surface area contributed by atoms with Crippen molar-refractivity contribution < 1.29 is 14.4 Å². The SMILES string of the molecule is CCCCNC(=O)CC[C@H]1N=C2c3ccccc3N=C(SCC(=O)c3ccccc3)N2C1=O. The molecular weight excluding hydrogens is 436 g/mol. The lowest BCUT2D eigenvalue weighted by molar-refractivity contribution is -0.125. The number of hydrogen-bond acceptors (Lipinski definition) is 6. The molecule has 0 spiro atoms. The van der Waals surface area contributed by atoms with Gasteiger partial charge >= 0.3 is 0 Å². The van der Waals surface area contributed by atoms with Crippen LogP contribution < -0.4 is 5.32 Å². The maximum Gasteiger partial charge on any atom is 0.259 e. The van der Waals surface area contributed by atoms with E-state index in [1.165, 1.54) is 16.7 Å². The predicted molar refractivity (Wildman–Crippen MR) is 131 cm³/mol. The van der Waals surface area contributed by atoms with Crippen molar-refractivity contribution in [2.45, 2.75) is 38.6 Å². The number of Topliss-reactive ketones (excluding diaryl/α,β-unsaturated/α-hetero) is 1. The van der Waals surface area contributed by atoms with Crippen LogP contribution in [0.5, 0.6) is 0 Å². The van der Waals surface area contributed by atoms with Gasteiger partial charge in [0.05, 0.1) is 11.4 Å². The van der Waals surface area contributed by atoms with E-state index in [0.29, 0.717) is 35.2 Å². The van der Waals surface area contributed by atoms with Gasteiger partial charge in [-0.1, -0.05) is 67.6 Å². The highest BCUT2D eigenvalue weighted by Gasteiger charge is 2.41. The van der Waals surface area contributed by atoms with Crippen molar-refractivity contribution in [3.05, 3.63) is 65.7 Å². The van der Waals surface area contributed by atoms with E-state index < -0.39 is 6.04 Å². The van der Waals surface area contributed by atoms with Crippen LogP contribution >= 0.6 is 11.8 Å². The van der Waals surface area contributed by atoms with Gasteiger partial charge in [-0.3, -0.25) is 19.4 Å². The maximum absolute atomic E-state index is 13.2. The highest BCUT2D eigenvalue weighted by atomic mass is 32.2. The van der Waals surface area contributed by atoms with Gasteiger partial charge in [0, 0.05) is 24.1 Å². The molecule has 2 amide bonds. The first-order valence-corrected chi connectivity index (χ1v) is 12.1. The maximum atomic E-state index is 13.2. The molecule has 2 aliphatic rings. The number of rotatable bonds is 9. The molecule has 2 aliphatic heterocycles. The lowest BCUT2D eigenvalue weighted by atomic mass is 10.1. The Morgan fingerprint density at radius 1 is 1.09 bits per heavy atom. The Morgan fingerprint density at radius 2 is 1.85 bits per heavy atom. The molecule has 1 N–H and O–H groups in total. The number of nitrogens with one attached hydrogen (secondary N) is 1. The number of ketones is 1. The molecular formula is C25H26N4O3S. The Bertz CT molecular complexity index is 1110. The number of unbranched alkanes of at least 4 members (excludes halogenated alkanes) is 1. The highest BCUT2D eigenvalue weighted by Crippen LogP contribution is 2.34. The average molecular weight is 463 g/mol. The first-order valence-electron chi connectivity index (χ1n) is 11.2. The molecule has 0 aliphatic carbocycles. The van der Waals surface area contributed by atoms with Crippen molar-refractivity contribution >= 4 is 46.1 Å². The fourth-order valence-electron chi connectivity index (χ4n) is 3.69. The molecule has 0 saturated carbocycles. The summed E-state index contributed by atoms with van der Waals surface area (Å²) in [6.45, 7) is 2.71. The summed E-state index contributed by atoms with van der Waals surface area (Å²) in [5, 5.41) is 3.32. The molecule has 170 valence electrons. The number of fused-ring (bicyclic) bond motifs is 3. The highest BCUT2D eigenvalue weighted by molar-refractivity contribution is 8.14. The molecule has 8 heteroatoms. The molecule has 1 atom stereocenters. The fraction of sp³-hybridized carbons (Fsp3) is 0.320. The third-order valence-corrected chi connectivity index (χ3v) is 6.41. The Labute approximate surface area is 197 Å². The van der Waals surface area contributed by atoms with E-state index in [9.17, 15) is 14.4 Å². The first-order chi connectivity index (χ1) is 16.1. The van der Waals surface area contributed by atoms with Gasteiger partial charge in [0.25, 0.3) is 5.91 Å². The monoisotopic (exact) mass is 462 g/mol. The van der Waals surface area contributed by atoms with E-state index in [4.69, 9.17) is 0 Å². The summed E-state index contributed by atoms with van der Waals surface area (Å²) in [6, 6.07) is 15.9. The van der Waals surface area contributed by atoms with Gasteiger partial charge in [0.15, 0.2) is 11.0 Å². The predicted octanol–water partition coefficient (Wildman–Crippen LogP) is 3.96. The number of nitrogens with zero attached hydrogens (tertiary/aromatic N) is 3. The molecule has 33 heavy (non-hydrogen) atoms. The summed E-state index contributed by atoms with van der Waals surface area (Å²) in [4.78, 5) is 48.8. The minimum absolute atomic E-state index is 0.0346. The Kier molecular flexibility index (Phi) is 7.34. The van der Waals surface area contributed by atoms with E-state index in [-0.39, 0.29) is 29.8 Å². The number of carbonyl (C=O) groups excluding carboxylic acids is 3. The van der Waals surface area contributed by atoms with Gasteiger partial charge < -0.3 is 5.32 Å². The summed E-state index contributed by atoms with van der Waals surface area (Å²) in [7, 11) is 0. The minimum atomic E-state index is -0.640. The molecule has 7 nitrogen and oxygen atoms in total. The topological polar surface area (TPSA) is 91.2 Å². The fourth-order valence-corrected chi connectivity index (χ4v) is 4.58. The second-order valence-corrected chi connectivity index (χ2v) is 8.82. The first kappa shape index (κ1) is 22.9. The molecule has 0 saturated heterocycles. The summed E-state index contributed by atoms with van der Waals surface area (Å²) in [5.41, 5.74) is 2.11. The standard InChI is InChI=1S/C25H26N4O3S/c1-2-3-15-26-22(31)14-13-20-24(32)29-23(27-20)18-11-7-8-12-19(18)28-25(29)33-16-21(30)17-9-5-4-6-10-17/h4-12,20H,2-3,13-16H2,1H3,(H,26,31)/t20-/m1/s1. The summed E-state index contributed by atoms with van der Waals surface area (Å²) >= 11 is 1.23. The molecule has 2 heterocycles. The van der Waals surface area contributed by atoms with E-state index in [2.05, 4.69) is 22.2 Å².